The van der Waals surface area contributed by atoms with Crippen LogP contribution in [0.3, 0.4) is 0 Å². The molecule has 5 nitrogen and oxygen atoms in total. The van der Waals surface area contributed by atoms with Crippen LogP contribution in [-0.2, 0) is 0 Å². The number of carboxylic acids is 1. The Bertz CT molecular complexity index is 507. The molecule has 0 bridgehead atoms. The van der Waals surface area contributed by atoms with Crippen molar-refractivity contribution in [2.45, 2.75) is 6.92 Å². The number of aryl methyl sites for hydroxylation is 1. The molecule has 0 amide bonds. The van der Waals surface area contributed by atoms with Gasteiger partial charge in [-0.2, -0.15) is 9.36 Å². The number of aromatic nitrogens is 2. The first-order chi connectivity index (χ1) is 7.65. The Balaban J connectivity index is 2.14. The van der Waals surface area contributed by atoms with Crippen LogP contribution in [0.25, 0.3) is 0 Å². The Hall–Kier alpha value is -1.95. The second-order valence-corrected chi connectivity index (χ2v) is 3.75. The summed E-state index contributed by atoms with van der Waals surface area (Å²) in [5.41, 5.74) is 0.223. The number of aromatic carboxylic acids is 1. The molecule has 0 spiro atoms. The fraction of sp³-hybridized carbons (Fsp3) is 0.100. The quantitative estimate of drug-likeness (QED) is 0.885. The summed E-state index contributed by atoms with van der Waals surface area (Å²) in [6.45, 7) is 1.77. The lowest BCUT2D eigenvalue weighted by molar-refractivity contribution is 0.0697. The fourth-order valence-electron chi connectivity index (χ4n) is 1.09. The van der Waals surface area contributed by atoms with E-state index in [1.165, 1.54) is 12.1 Å². The zero-order chi connectivity index (χ0) is 11.5. The standard InChI is InChI=1S/C10H8N2O3S/c1-6-11-10(16-12-6)15-8-4-2-7(3-5-8)9(13)14/h2-5H,1H3,(H,13,14). The summed E-state index contributed by atoms with van der Waals surface area (Å²) in [6, 6.07) is 6.12. The molecule has 0 fully saturated rings. The highest BCUT2D eigenvalue weighted by molar-refractivity contribution is 7.07. The van der Waals surface area contributed by atoms with Crippen molar-refractivity contribution >= 4 is 17.5 Å². The van der Waals surface area contributed by atoms with E-state index in [1.807, 2.05) is 0 Å². The molecule has 0 unspecified atom stereocenters. The van der Waals surface area contributed by atoms with Gasteiger partial charge >= 0.3 is 5.97 Å². The maximum Gasteiger partial charge on any atom is 0.335 e. The predicted molar refractivity (Wildman–Crippen MR) is 58.1 cm³/mol. The molecule has 2 rings (SSSR count). The first kappa shape index (κ1) is 10.6. The molecule has 16 heavy (non-hydrogen) atoms. The van der Waals surface area contributed by atoms with Crippen molar-refractivity contribution in [3.63, 3.8) is 0 Å². The fourth-order valence-corrected chi connectivity index (χ4v) is 1.64. The highest BCUT2D eigenvalue weighted by Gasteiger charge is 2.05. The summed E-state index contributed by atoms with van der Waals surface area (Å²) in [5, 5.41) is 9.15. The van der Waals surface area contributed by atoms with Gasteiger partial charge in [-0.05, 0) is 31.2 Å². The van der Waals surface area contributed by atoms with E-state index in [4.69, 9.17) is 9.84 Å². The zero-order valence-corrected chi connectivity index (χ0v) is 9.19. The van der Waals surface area contributed by atoms with Gasteiger partial charge in [0, 0.05) is 11.5 Å². The number of benzene rings is 1. The lowest BCUT2D eigenvalue weighted by atomic mass is 10.2. The van der Waals surface area contributed by atoms with Crippen LogP contribution in [0, 0.1) is 6.92 Å². The van der Waals surface area contributed by atoms with Crippen LogP contribution in [0.15, 0.2) is 24.3 Å². The van der Waals surface area contributed by atoms with Crippen molar-refractivity contribution < 1.29 is 14.6 Å². The largest absolute Gasteiger partial charge is 0.478 e. The van der Waals surface area contributed by atoms with Gasteiger partial charge in [-0.3, -0.25) is 0 Å². The van der Waals surface area contributed by atoms with Crippen molar-refractivity contribution in [1.29, 1.82) is 0 Å². The average molecular weight is 236 g/mol. The molecule has 0 aliphatic rings. The molecule has 6 heteroatoms. The summed E-state index contributed by atoms with van der Waals surface area (Å²) in [6.07, 6.45) is 0. The summed E-state index contributed by atoms with van der Waals surface area (Å²) < 4.78 is 9.36. The first-order valence-corrected chi connectivity index (χ1v) is 5.24. The second-order valence-electron chi connectivity index (χ2n) is 3.04. The molecule has 0 aliphatic carbocycles. The number of carboxylic acid groups (broad SMARTS) is 1. The SMILES string of the molecule is Cc1nsc(Oc2ccc(C(=O)O)cc2)n1. The van der Waals surface area contributed by atoms with E-state index in [0.29, 0.717) is 16.8 Å². The summed E-state index contributed by atoms with van der Waals surface area (Å²) in [7, 11) is 0. The molecule has 0 radical (unpaired) electrons. The normalized spacial score (nSPS) is 10.1. The number of carbonyl (C=O) groups is 1. The van der Waals surface area contributed by atoms with Gasteiger partial charge in [-0.15, -0.1) is 0 Å². The lowest BCUT2D eigenvalue weighted by Crippen LogP contribution is -1.95. The minimum atomic E-state index is -0.960. The first-order valence-electron chi connectivity index (χ1n) is 4.46. The van der Waals surface area contributed by atoms with E-state index in [0.717, 1.165) is 11.5 Å². The van der Waals surface area contributed by atoms with Crippen molar-refractivity contribution in [2.24, 2.45) is 0 Å². The lowest BCUT2D eigenvalue weighted by Gasteiger charge is -2.00. The van der Waals surface area contributed by atoms with E-state index in [9.17, 15) is 4.79 Å². The number of ether oxygens (including phenoxy) is 1. The van der Waals surface area contributed by atoms with Crippen LogP contribution >= 0.6 is 11.5 Å². The third-order valence-corrected chi connectivity index (χ3v) is 2.50. The highest BCUT2D eigenvalue weighted by Crippen LogP contribution is 2.22. The Labute approximate surface area is 95.5 Å². The van der Waals surface area contributed by atoms with Gasteiger partial charge in [0.25, 0.3) is 5.19 Å². The number of hydrogen-bond acceptors (Lipinski definition) is 5. The average Bonchev–Trinajstić information content (AvgIpc) is 2.65. The predicted octanol–water partition coefficient (Wildman–Crippen LogP) is 2.34. The van der Waals surface area contributed by atoms with Gasteiger partial charge in [-0.25, -0.2) is 4.79 Å². The minimum absolute atomic E-state index is 0.223. The zero-order valence-electron chi connectivity index (χ0n) is 8.38. The van der Waals surface area contributed by atoms with Crippen LogP contribution in [0.4, 0.5) is 0 Å². The Morgan fingerprint density at radius 2 is 2.06 bits per heavy atom. The highest BCUT2D eigenvalue weighted by atomic mass is 32.1. The van der Waals surface area contributed by atoms with E-state index < -0.39 is 5.97 Å². The Kier molecular flexibility index (Phi) is 2.82. The monoisotopic (exact) mass is 236 g/mol. The van der Waals surface area contributed by atoms with Gasteiger partial charge in [-0.1, -0.05) is 0 Å². The topological polar surface area (TPSA) is 72.3 Å². The van der Waals surface area contributed by atoms with Gasteiger partial charge in [0.15, 0.2) is 0 Å². The molecule has 1 heterocycles. The third kappa shape index (κ3) is 2.34. The third-order valence-electron chi connectivity index (χ3n) is 1.82. The van der Waals surface area contributed by atoms with Gasteiger partial charge < -0.3 is 9.84 Å². The molecular weight excluding hydrogens is 228 g/mol. The summed E-state index contributed by atoms with van der Waals surface area (Å²) >= 11 is 1.16. The molecule has 0 atom stereocenters. The van der Waals surface area contributed by atoms with Crippen LogP contribution in [0.5, 0.6) is 10.9 Å². The van der Waals surface area contributed by atoms with Crippen molar-refractivity contribution in [3.05, 3.63) is 35.7 Å². The van der Waals surface area contributed by atoms with E-state index in [2.05, 4.69) is 9.36 Å². The van der Waals surface area contributed by atoms with E-state index in [-0.39, 0.29) is 5.56 Å². The maximum absolute atomic E-state index is 10.6. The molecule has 1 N–H and O–H groups in total. The van der Waals surface area contributed by atoms with Crippen LogP contribution in [0.2, 0.25) is 0 Å². The molecule has 0 saturated heterocycles. The van der Waals surface area contributed by atoms with E-state index in [1.54, 1.807) is 19.1 Å². The number of rotatable bonds is 3. The molecule has 82 valence electrons. The Morgan fingerprint density at radius 1 is 1.38 bits per heavy atom. The van der Waals surface area contributed by atoms with Crippen LogP contribution < -0.4 is 4.74 Å². The van der Waals surface area contributed by atoms with E-state index >= 15 is 0 Å². The van der Waals surface area contributed by atoms with Crippen molar-refractivity contribution in [3.8, 4) is 10.9 Å². The molecule has 1 aromatic carbocycles. The van der Waals surface area contributed by atoms with Gasteiger partial charge in [0.05, 0.1) is 5.56 Å². The molecule has 0 saturated carbocycles. The van der Waals surface area contributed by atoms with Crippen LogP contribution in [-0.4, -0.2) is 20.4 Å². The smallest absolute Gasteiger partial charge is 0.335 e. The summed E-state index contributed by atoms with van der Waals surface area (Å²) in [4.78, 5) is 14.6. The minimum Gasteiger partial charge on any atom is -0.478 e. The molecule has 2 aromatic rings. The maximum atomic E-state index is 10.6. The molecular formula is C10H8N2O3S. The van der Waals surface area contributed by atoms with Gasteiger partial charge in [0.1, 0.15) is 11.6 Å². The van der Waals surface area contributed by atoms with Crippen LogP contribution in [0.1, 0.15) is 16.2 Å². The number of nitrogens with zero attached hydrogens (tertiary/aromatic N) is 2. The Morgan fingerprint density at radius 3 is 2.56 bits per heavy atom. The summed E-state index contributed by atoms with van der Waals surface area (Å²) in [5.74, 6) is 0.238. The van der Waals surface area contributed by atoms with Gasteiger partial charge in [0.2, 0.25) is 0 Å². The van der Waals surface area contributed by atoms with Crippen molar-refractivity contribution in [2.75, 3.05) is 0 Å². The molecule has 0 aliphatic heterocycles. The second kappa shape index (κ2) is 4.28. The number of hydrogen-bond donors (Lipinski definition) is 1. The van der Waals surface area contributed by atoms with Crippen molar-refractivity contribution in [1.82, 2.24) is 9.36 Å². The molecule has 1 aromatic heterocycles.